The smallest absolute Gasteiger partial charge is 0.221 e. The highest BCUT2D eigenvalue weighted by molar-refractivity contribution is 7.80. The average Bonchev–Trinajstić information content (AvgIpc) is 3.48. The summed E-state index contributed by atoms with van der Waals surface area (Å²) in [7, 11) is 1.58. The van der Waals surface area contributed by atoms with Gasteiger partial charge >= 0.3 is 0 Å². The number of nitrogens with zero attached hydrogens (tertiary/aromatic N) is 4. The molecule has 1 fully saturated rings. The third-order valence-corrected chi connectivity index (χ3v) is 6.43. The van der Waals surface area contributed by atoms with E-state index in [1.807, 2.05) is 54.7 Å². The van der Waals surface area contributed by atoms with E-state index in [1.165, 1.54) is 6.92 Å². The van der Waals surface area contributed by atoms with E-state index < -0.39 is 0 Å². The van der Waals surface area contributed by atoms with E-state index in [2.05, 4.69) is 48.4 Å². The Morgan fingerprint density at radius 3 is 2.75 bits per heavy atom. The number of aromatic nitrogens is 3. The number of carbonyl (C=O) groups is 1. The van der Waals surface area contributed by atoms with Gasteiger partial charge in [0, 0.05) is 49.6 Å². The highest BCUT2D eigenvalue weighted by atomic mass is 32.1. The molecule has 0 bridgehead atoms. The summed E-state index contributed by atoms with van der Waals surface area (Å²) in [5.41, 5.74) is 4.46. The van der Waals surface area contributed by atoms with Crippen LogP contribution in [0, 0.1) is 0 Å². The maximum absolute atomic E-state index is 11.8. The van der Waals surface area contributed by atoms with Gasteiger partial charge in [0.15, 0.2) is 5.11 Å². The molecule has 0 saturated carbocycles. The molecule has 1 aromatic carbocycles. The molecule has 1 saturated heterocycles. The molecule has 182 valence electrons. The normalized spacial score (nSPS) is 17.1. The number of methoxy groups -OCH3 is 1. The molecular formula is C27H26N6O2S. The molecule has 8 nitrogen and oxygen atoms in total. The monoisotopic (exact) mass is 498 g/mol. The van der Waals surface area contributed by atoms with Crippen LogP contribution in [0.3, 0.4) is 0 Å². The standard InChI is InChI=1S/C27H26N6O2S/c1-18(34)30-22-15-20(10-11-24(22)35-2)33-26(25(31-27(33)36)21-8-3-4-13-29-21)23-9-6-14-32(23)17-19-7-5-12-28-16-19/h3-16,25-26H,17H2,1-2H3,(H,30,34)(H,31,36)/t25-,26+/m1/s1. The van der Waals surface area contributed by atoms with Crippen LogP contribution in [0.25, 0.3) is 0 Å². The number of pyridine rings is 2. The van der Waals surface area contributed by atoms with E-state index in [1.54, 1.807) is 19.5 Å². The van der Waals surface area contributed by atoms with Gasteiger partial charge in [-0.3, -0.25) is 14.8 Å². The first-order valence-corrected chi connectivity index (χ1v) is 12.0. The van der Waals surface area contributed by atoms with Gasteiger partial charge < -0.3 is 24.8 Å². The zero-order valence-corrected chi connectivity index (χ0v) is 20.8. The quantitative estimate of drug-likeness (QED) is 0.364. The second-order valence-corrected chi connectivity index (χ2v) is 8.87. The summed E-state index contributed by atoms with van der Waals surface area (Å²) in [6.45, 7) is 2.14. The highest BCUT2D eigenvalue weighted by Gasteiger charge is 2.42. The van der Waals surface area contributed by atoms with Crippen molar-refractivity contribution in [1.29, 1.82) is 0 Å². The average molecular weight is 499 g/mol. The molecule has 4 heterocycles. The van der Waals surface area contributed by atoms with E-state index in [0.29, 0.717) is 23.1 Å². The number of carbonyl (C=O) groups excluding carboxylic acids is 1. The number of hydrogen-bond acceptors (Lipinski definition) is 5. The maximum Gasteiger partial charge on any atom is 0.221 e. The Balaban J connectivity index is 1.61. The minimum absolute atomic E-state index is 0.180. The van der Waals surface area contributed by atoms with Crippen molar-refractivity contribution in [3.05, 3.63) is 102 Å². The molecule has 0 spiro atoms. The van der Waals surface area contributed by atoms with Crippen molar-refractivity contribution in [3.8, 4) is 5.75 Å². The van der Waals surface area contributed by atoms with E-state index >= 15 is 0 Å². The summed E-state index contributed by atoms with van der Waals surface area (Å²) >= 11 is 5.87. The van der Waals surface area contributed by atoms with E-state index in [-0.39, 0.29) is 18.0 Å². The van der Waals surface area contributed by atoms with Crippen LogP contribution < -0.4 is 20.3 Å². The maximum atomic E-state index is 11.8. The van der Waals surface area contributed by atoms with E-state index in [4.69, 9.17) is 17.0 Å². The number of amides is 1. The molecule has 2 atom stereocenters. The molecule has 1 aliphatic rings. The first-order chi connectivity index (χ1) is 17.5. The summed E-state index contributed by atoms with van der Waals surface area (Å²) in [4.78, 5) is 22.8. The van der Waals surface area contributed by atoms with Crippen LogP contribution in [0.2, 0.25) is 0 Å². The predicted octanol–water partition coefficient (Wildman–Crippen LogP) is 4.47. The molecule has 1 amide bonds. The van der Waals surface area contributed by atoms with Crippen LogP contribution in [-0.4, -0.2) is 32.7 Å². The molecule has 0 unspecified atom stereocenters. The molecular weight excluding hydrogens is 472 g/mol. The van der Waals surface area contributed by atoms with Crippen molar-refractivity contribution < 1.29 is 9.53 Å². The van der Waals surface area contributed by atoms with Gasteiger partial charge in [-0.05, 0) is 66.3 Å². The largest absolute Gasteiger partial charge is 0.495 e. The van der Waals surface area contributed by atoms with Crippen LogP contribution in [0.1, 0.15) is 36.0 Å². The van der Waals surface area contributed by atoms with Gasteiger partial charge in [0.05, 0.1) is 24.5 Å². The highest BCUT2D eigenvalue weighted by Crippen LogP contribution is 2.43. The van der Waals surface area contributed by atoms with Crippen molar-refractivity contribution in [1.82, 2.24) is 19.9 Å². The van der Waals surface area contributed by atoms with Gasteiger partial charge in [0.25, 0.3) is 0 Å². The van der Waals surface area contributed by atoms with Crippen LogP contribution in [0.15, 0.2) is 85.5 Å². The predicted molar refractivity (Wildman–Crippen MR) is 143 cm³/mol. The molecule has 0 radical (unpaired) electrons. The van der Waals surface area contributed by atoms with Crippen LogP contribution in [0.4, 0.5) is 11.4 Å². The van der Waals surface area contributed by atoms with Crippen molar-refractivity contribution >= 4 is 34.6 Å². The van der Waals surface area contributed by atoms with Crippen LogP contribution in [-0.2, 0) is 11.3 Å². The lowest BCUT2D eigenvalue weighted by Gasteiger charge is -2.29. The van der Waals surface area contributed by atoms with Gasteiger partial charge in [-0.25, -0.2) is 0 Å². The fourth-order valence-electron chi connectivity index (χ4n) is 4.59. The zero-order chi connectivity index (χ0) is 25.1. The van der Waals surface area contributed by atoms with Crippen LogP contribution in [0.5, 0.6) is 5.75 Å². The van der Waals surface area contributed by atoms with Gasteiger partial charge in [-0.2, -0.15) is 0 Å². The third-order valence-electron chi connectivity index (χ3n) is 6.11. The number of thiocarbonyl (C=S) groups is 1. The molecule has 9 heteroatoms. The van der Waals surface area contributed by atoms with Crippen LogP contribution >= 0.6 is 12.2 Å². The summed E-state index contributed by atoms with van der Waals surface area (Å²) in [6, 6.07) is 19.3. The lowest BCUT2D eigenvalue weighted by Crippen LogP contribution is -2.30. The second kappa shape index (κ2) is 10.2. The van der Waals surface area contributed by atoms with Crippen molar-refractivity contribution in [2.24, 2.45) is 0 Å². The molecule has 1 aliphatic heterocycles. The molecule has 2 N–H and O–H groups in total. The number of ether oxygens (including phenoxy) is 1. The second-order valence-electron chi connectivity index (χ2n) is 8.48. The van der Waals surface area contributed by atoms with Crippen molar-refractivity contribution in [2.45, 2.75) is 25.6 Å². The number of nitrogens with one attached hydrogen (secondary N) is 2. The van der Waals surface area contributed by atoms with Gasteiger partial charge in [-0.15, -0.1) is 0 Å². The Hall–Kier alpha value is -4.24. The fraction of sp³-hybridized carbons (Fsp3) is 0.185. The summed E-state index contributed by atoms with van der Waals surface area (Å²) in [5.74, 6) is 0.394. The minimum Gasteiger partial charge on any atom is -0.495 e. The first-order valence-electron chi connectivity index (χ1n) is 11.6. The third kappa shape index (κ3) is 4.65. The number of benzene rings is 1. The molecule has 0 aliphatic carbocycles. The SMILES string of the molecule is COc1ccc(N2C(=S)N[C@H](c3ccccn3)[C@@H]2c2cccn2Cc2cccnc2)cc1NC(C)=O. The number of hydrogen-bond donors (Lipinski definition) is 2. The van der Waals surface area contributed by atoms with Gasteiger partial charge in [-0.1, -0.05) is 12.1 Å². The molecule has 4 aromatic rings. The first kappa shape index (κ1) is 23.5. The Bertz CT molecular complexity index is 1380. The topological polar surface area (TPSA) is 84.3 Å². The summed E-state index contributed by atoms with van der Waals surface area (Å²) in [5, 5.41) is 6.92. The van der Waals surface area contributed by atoms with E-state index in [0.717, 1.165) is 22.6 Å². The Morgan fingerprint density at radius 2 is 2.03 bits per heavy atom. The van der Waals surface area contributed by atoms with Gasteiger partial charge in [0.1, 0.15) is 11.8 Å². The summed E-state index contributed by atoms with van der Waals surface area (Å²) in [6.07, 6.45) is 7.50. The Labute approximate surface area is 215 Å². The van der Waals surface area contributed by atoms with E-state index in [9.17, 15) is 4.79 Å². The molecule has 3 aromatic heterocycles. The van der Waals surface area contributed by atoms with Crippen molar-refractivity contribution in [3.63, 3.8) is 0 Å². The molecule has 5 rings (SSSR count). The Morgan fingerprint density at radius 1 is 1.14 bits per heavy atom. The Kier molecular flexibility index (Phi) is 6.64. The summed E-state index contributed by atoms with van der Waals surface area (Å²) < 4.78 is 7.67. The lowest BCUT2D eigenvalue weighted by molar-refractivity contribution is -0.114. The lowest BCUT2D eigenvalue weighted by atomic mass is 10.0. The van der Waals surface area contributed by atoms with Gasteiger partial charge in [0.2, 0.25) is 5.91 Å². The number of anilines is 2. The van der Waals surface area contributed by atoms with Crippen molar-refractivity contribution in [2.75, 3.05) is 17.3 Å². The molecule has 36 heavy (non-hydrogen) atoms. The zero-order valence-electron chi connectivity index (χ0n) is 20.0. The minimum atomic E-state index is -0.197. The number of rotatable bonds is 7. The fourth-order valence-corrected chi connectivity index (χ4v) is 4.94.